The number of rotatable bonds is 2. The Bertz CT molecular complexity index is 459. The van der Waals surface area contributed by atoms with E-state index in [1.807, 2.05) is 0 Å². The van der Waals surface area contributed by atoms with Crippen LogP contribution in [0.25, 0.3) is 0 Å². The number of hydrogen-bond donors (Lipinski definition) is 2. The fourth-order valence-electron chi connectivity index (χ4n) is 6.86. The number of hydrogen-bond acceptors (Lipinski definition) is 2. The highest BCUT2D eigenvalue weighted by molar-refractivity contribution is 5.62. The molecule has 0 heterocycles. The van der Waals surface area contributed by atoms with Gasteiger partial charge in [0.25, 0.3) is 5.97 Å². The molecule has 3 N–H and O–H groups in total. The molecule has 3 heteroatoms. The summed E-state index contributed by atoms with van der Waals surface area (Å²) in [5.41, 5.74) is 7.25. The lowest BCUT2D eigenvalue weighted by Gasteiger charge is -2.62. The highest BCUT2D eigenvalue weighted by Gasteiger charge is 2.56. The quantitative estimate of drug-likeness (QED) is 0.706. The summed E-state index contributed by atoms with van der Waals surface area (Å²) >= 11 is 0. The van der Waals surface area contributed by atoms with E-state index in [1.54, 1.807) is 0 Å². The Morgan fingerprint density at radius 3 is 2.36 bits per heavy atom. The van der Waals surface area contributed by atoms with Crippen molar-refractivity contribution in [2.75, 3.05) is 6.54 Å². The maximum Gasteiger partial charge on any atom is 0.300 e. The van der Waals surface area contributed by atoms with E-state index < -0.39 is 5.97 Å². The van der Waals surface area contributed by atoms with Crippen LogP contribution < -0.4 is 5.73 Å². The second-order valence-electron chi connectivity index (χ2n) is 10.1. The number of carboxylic acids is 1. The van der Waals surface area contributed by atoms with E-state index >= 15 is 0 Å². The number of aliphatic carboxylic acids is 1. The molecule has 3 aliphatic carbocycles. The Balaban J connectivity index is 0.000000511. The van der Waals surface area contributed by atoms with Crippen LogP contribution in [0.2, 0.25) is 0 Å². The van der Waals surface area contributed by atoms with Gasteiger partial charge < -0.3 is 10.8 Å². The molecule has 0 aliphatic heterocycles. The summed E-state index contributed by atoms with van der Waals surface area (Å²) in [5.74, 6) is 3.96. The molecule has 3 nitrogen and oxygen atoms in total. The van der Waals surface area contributed by atoms with E-state index in [2.05, 4.69) is 27.7 Å². The van der Waals surface area contributed by atoms with Gasteiger partial charge in [-0.05, 0) is 91.9 Å². The van der Waals surface area contributed by atoms with Gasteiger partial charge in [-0.25, -0.2) is 0 Å². The molecular weight excluding hydrogens is 310 g/mol. The van der Waals surface area contributed by atoms with Crippen molar-refractivity contribution in [3.05, 3.63) is 0 Å². The average Bonchev–Trinajstić information content (AvgIpc) is 2.53. The lowest BCUT2D eigenvalue weighted by Crippen LogP contribution is -2.55. The zero-order valence-electron chi connectivity index (χ0n) is 17.2. The highest BCUT2D eigenvalue weighted by atomic mass is 16.4. The van der Waals surface area contributed by atoms with Gasteiger partial charge in [0.2, 0.25) is 0 Å². The minimum Gasteiger partial charge on any atom is -0.481 e. The minimum absolute atomic E-state index is 0.423. The molecule has 0 aromatic rings. The van der Waals surface area contributed by atoms with Gasteiger partial charge in [0, 0.05) is 6.92 Å². The topological polar surface area (TPSA) is 63.3 Å². The molecule has 3 fully saturated rings. The van der Waals surface area contributed by atoms with Crippen molar-refractivity contribution < 1.29 is 9.90 Å². The van der Waals surface area contributed by atoms with E-state index in [1.165, 1.54) is 51.4 Å². The second-order valence-corrected chi connectivity index (χ2v) is 10.1. The van der Waals surface area contributed by atoms with Crippen LogP contribution in [0.15, 0.2) is 0 Å². The maximum absolute atomic E-state index is 9.00. The monoisotopic (exact) mass is 351 g/mol. The van der Waals surface area contributed by atoms with Crippen LogP contribution in [-0.2, 0) is 4.79 Å². The smallest absolute Gasteiger partial charge is 0.300 e. The molecule has 6 atom stereocenters. The first-order valence-electron chi connectivity index (χ1n) is 10.5. The van der Waals surface area contributed by atoms with Crippen LogP contribution in [0.3, 0.4) is 0 Å². The van der Waals surface area contributed by atoms with E-state index in [-0.39, 0.29) is 0 Å². The third-order valence-electron chi connectivity index (χ3n) is 8.21. The van der Waals surface area contributed by atoms with E-state index in [9.17, 15) is 0 Å². The molecule has 3 aliphatic rings. The minimum atomic E-state index is -0.833. The standard InChI is InChI=1S/C20H37N.C2H4O2/c1-14(2)15-6-8-17-16(12-15)7-9-18-19(3,13-21)10-5-11-20(17,18)4;1-2(3)4/h14-18H,5-13,21H2,1-4H3;1H3,(H,3,4)/t15?,16?,17-,18-,19-,20+;/m0./s1. The molecule has 0 radical (unpaired) electrons. The maximum atomic E-state index is 9.00. The van der Waals surface area contributed by atoms with Gasteiger partial charge >= 0.3 is 0 Å². The molecule has 0 saturated heterocycles. The number of fused-ring (bicyclic) bond motifs is 3. The van der Waals surface area contributed by atoms with Gasteiger partial charge in [-0.15, -0.1) is 0 Å². The predicted octanol–water partition coefficient (Wildman–Crippen LogP) is 5.33. The van der Waals surface area contributed by atoms with Crippen molar-refractivity contribution in [3.8, 4) is 0 Å². The molecule has 3 rings (SSSR count). The molecular formula is C22H41NO2. The van der Waals surface area contributed by atoms with Gasteiger partial charge in [0.1, 0.15) is 0 Å². The summed E-state index contributed by atoms with van der Waals surface area (Å²) in [4.78, 5) is 9.00. The van der Waals surface area contributed by atoms with Crippen molar-refractivity contribution in [1.82, 2.24) is 0 Å². The molecule has 0 amide bonds. The van der Waals surface area contributed by atoms with Crippen LogP contribution in [0.4, 0.5) is 0 Å². The van der Waals surface area contributed by atoms with E-state index in [4.69, 9.17) is 15.6 Å². The van der Waals surface area contributed by atoms with Crippen molar-refractivity contribution in [3.63, 3.8) is 0 Å². The van der Waals surface area contributed by atoms with Crippen molar-refractivity contribution in [2.24, 2.45) is 46.2 Å². The third-order valence-corrected chi connectivity index (χ3v) is 8.21. The fraction of sp³-hybridized carbons (Fsp3) is 0.955. The summed E-state index contributed by atoms with van der Waals surface area (Å²) in [6.45, 7) is 12.0. The summed E-state index contributed by atoms with van der Waals surface area (Å²) in [5, 5.41) is 7.42. The van der Waals surface area contributed by atoms with Crippen molar-refractivity contribution >= 4 is 5.97 Å². The Hall–Kier alpha value is -0.570. The first-order valence-corrected chi connectivity index (χ1v) is 10.5. The summed E-state index contributed by atoms with van der Waals surface area (Å²) in [7, 11) is 0. The zero-order valence-corrected chi connectivity index (χ0v) is 17.2. The van der Waals surface area contributed by atoms with Crippen LogP contribution in [0, 0.1) is 40.4 Å². The number of carbonyl (C=O) groups is 1. The van der Waals surface area contributed by atoms with Crippen LogP contribution >= 0.6 is 0 Å². The van der Waals surface area contributed by atoms with E-state index in [0.29, 0.717) is 10.8 Å². The highest BCUT2D eigenvalue weighted by Crippen LogP contribution is 2.64. The van der Waals surface area contributed by atoms with Crippen molar-refractivity contribution in [1.29, 1.82) is 0 Å². The first kappa shape index (κ1) is 20.7. The lowest BCUT2D eigenvalue weighted by molar-refractivity contribution is -0.134. The normalized spacial score (nSPS) is 43.5. The fourth-order valence-corrected chi connectivity index (χ4v) is 6.86. The second kappa shape index (κ2) is 7.98. The molecule has 146 valence electrons. The molecule has 0 aromatic carbocycles. The molecule has 0 spiro atoms. The molecule has 3 saturated carbocycles. The summed E-state index contributed by atoms with van der Waals surface area (Å²) in [6, 6.07) is 0. The lowest BCUT2D eigenvalue weighted by atomic mass is 9.43. The third kappa shape index (κ3) is 4.23. The Labute approximate surface area is 155 Å². The summed E-state index contributed by atoms with van der Waals surface area (Å²) < 4.78 is 0. The van der Waals surface area contributed by atoms with Crippen LogP contribution in [0.1, 0.15) is 86.0 Å². The summed E-state index contributed by atoms with van der Waals surface area (Å²) in [6.07, 6.45) is 11.7. The van der Waals surface area contributed by atoms with E-state index in [0.717, 1.165) is 43.1 Å². The van der Waals surface area contributed by atoms with Crippen LogP contribution in [0.5, 0.6) is 0 Å². The van der Waals surface area contributed by atoms with Gasteiger partial charge in [-0.1, -0.05) is 34.1 Å². The molecule has 2 unspecified atom stereocenters. The van der Waals surface area contributed by atoms with Gasteiger partial charge in [0.15, 0.2) is 0 Å². The number of carboxylic acid groups (broad SMARTS) is 1. The Morgan fingerprint density at radius 1 is 1.16 bits per heavy atom. The van der Waals surface area contributed by atoms with Crippen molar-refractivity contribution in [2.45, 2.75) is 86.0 Å². The first-order chi connectivity index (χ1) is 11.6. The molecule has 0 aromatic heterocycles. The Morgan fingerprint density at radius 2 is 1.80 bits per heavy atom. The average molecular weight is 352 g/mol. The van der Waals surface area contributed by atoms with Crippen LogP contribution in [-0.4, -0.2) is 17.6 Å². The molecule has 25 heavy (non-hydrogen) atoms. The van der Waals surface area contributed by atoms with Gasteiger partial charge in [-0.2, -0.15) is 0 Å². The molecule has 0 bridgehead atoms. The SMILES string of the molecule is CC(=O)O.CC(C)C1CC[C@H]2C(CC[C@H]3[C@](C)(CN)CCC[C@]23C)C1. The zero-order chi connectivity index (χ0) is 18.8. The Kier molecular flexibility index (Phi) is 6.62. The predicted molar refractivity (Wildman–Crippen MR) is 104 cm³/mol. The largest absolute Gasteiger partial charge is 0.481 e. The number of nitrogens with two attached hydrogens (primary N) is 1. The van der Waals surface area contributed by atoms with Gasteiger partial charge in [0.05, 0.1) is 0 Å². The van der Waals surface area contributed by atoms with Gasteiger partial charge in [-0.3, -0.25) is 4.79 Å².